The molecule has 2 amide bonds. The molecule has 0 atom stereocenters. The fourth-order valence-corrected chi connectivity index (χ4v) is 4.45. The Bertz CT molecular complexity index is 1210. The molecule has 0 spiro atoms. The van der Waals surface area contributed by atoms with Gasteiger partial charge in [-0.1, -0.05) is 57.0 Å². The van der Waals surface area contributed by atoms with Crippen LogP contribution in [0.5, 0.6) is 0 Å². The van der Waals surface area contributed by atoms with E-state index in [9.17, 15) is 9.59 Å². The first-order chi connectivity index (χ1) is 15.8. The van der Waals surface area contributed by atoms with Crippen LogP contribution < -0.4 is 10.6 Å². The molecule has 12 heteroatoms. The number of anilines is 1. The van der Waals surface area contributed by atoms with Crippen molar-refractivity contribution >= 4 is 84.3 Å². The van der Waals surface area contributed by atoms with E-state index >= 15 is 0 Å². The monoisotopic (exact) mass is 631 g/mol. The van der Waals surface area contributed by atoms with E-state index in [2.05, 4.69) is 59.3 Å². The second-order valence-corrected chi connectivity index (χ2v) is 10.1. The van der Waals surface area contributed by atoms with E-state index in [0.29, 0.717) is 38.8 Å². The zero-order chi connectivity index (χ0) is 24.0. The Kier molecular flexibility index (Phi) is 9.39. The van der Waals surface area contributed by atoms with Gasteiger partial charge in [-0.2, -0.15) is 0 Å². The third-order valence-electron chi connectivity index (χ3n) is 4.23. The number of allylic oxidation sites excluding steroid dienone is 1. The predicted octanol–water partition coefficient (Wildman–Crippen LogP) is 5.96. The summed E-state index contributed by atoms with van der Waals surface area (Å²) in [7, 11) is 0. The Hall–Kier alpha value is -1.85. The second kappa shape index (κ2) is 12.0. The maximum atomic E-state index is 12.4. The van der Waals surface area contributed by atoms with Gasteiger partial charge in [-0.05, 0) is 52.3 Å². The number of carbonyl (C=O) groups excluding carboxylic acids is 2. The number of benzene rings is 2. The van der Waals surface area contributed by atoms with E-state index in [4.69, 9.17) is 23.2 Å². The minimum atomic E-state index is -0.324. The molecule has 0 radical (unpaired) electrons. The van der Waals surface area contributed by atoms with Gasteiger partial charge in [0.05, 0.1) is 28.0 Å². The van der Waals surface area contributed by atoms with Crippen LogP contribution in [-0.2, 0) is 17.9 Å². The smallest absolute Gasteiger partial charge is 0.251 e. The lowest BCUT2D eigenvalue weighted by atomic mass is 10.2. The molecule has 0 bridgehead atoms. The molecule has 33 heavy (non-hydrogen) atoms. The Morgan fingerprint density at radius 2 is 1.91 bits per heavy atom. The van der Waals surface area contributed by atoms with Crippen molar-refractivity contribution in [2.24, 2.45) is 0 Å². The van der Waals surface area contributed by atoms with Crippen molar-refractivity contribution < 1.29 is 9.59 Å². The number of rotatable bonds is 9. The van der Waals surface area contributed by atoms with Crippen molar-refractivity contribution in [2.45, 2.75) is 18.2 Å². The van der Waals surface area contributed by atoms with Crippen molar-refractivity contribution in [1.29, 1.82) is 0 Å². The van der Waals surface area contributed by atoms with E-state index in [1.165, 1.54) is 17.8 Å². The van der Waals surface area contributed by atoms with Gasteiger partial charge >= 0.3 is 0 Å². The van der Waals surface area contributed by atoms with Gasteiger partial charge in [-0.3, -0.25) is 9.59 Å². The van der Waals surface area contributed by atoms with Crippen LogP contribution in [0.2, 0.25) is 10.0 Å². The van der Waals surface area contributed by atoms with Crippen molar-refractivity contribution in [3.8, 4) is 0 Å². The molecule has 172 valence electrons. The van der Waals surface area contributed by atoms with Crippen LogP contribution >= 0.6 is 66.8 Å². The van der Waals surface area contributed by atoms with Crippen LogP contribution in [-0.4, -0.2) is 32.3 Å². The molecule has 1 aromatic heterocycles. The molecule has 0 fully saturated rings. The second-order valence-electron chi connectivity index (χ2n) is 6.57. The van der Waals surface area contributed by atoms with Gasteiger partial charge in [0.2, 0.25) is 5.91 Å². The van der Waals surface area contributed by atoms with E-state index in [1.54, 1.807) is 22.8 Å². The zero-order valence-corrected chi connectivity index (χ0v) is 22.4. The summed E-state index contributed by atoms with van der Waals surface area (Å²) >= 11 is 19.9. The van der Waals surface area contributed by atoms with E-state index < -0.39 is 0 Å². The number of amides is 2. The van der Waals surface area contributed by atoms with Crippen LogP contribution in [0.15, 0.2) is 63.2 Å². The first kappa shape index (κ1) is 25.8. The number of hydrogen-bond acceptors (Lipinski definition) is 5. The summed E-state index contributed by atoms with van der Waals surface area (Å²) in [5.74, 6) is 0.140. The predicted molar refractivity (Wildman–Crippen MR) is 139 cm³/mol. The Morgan fingerprint density at radius 1 is 1.12 bits per heavy atom. The van der Waals surface area contributed by atoms with Gasteiger partial charge in [0.1, 0.15) is 0 Å². The summed E-state index contributed by atoms with van der Waals surface area (Å²) in [5.41, 5.74) is 1.04. The average molecular weight is 634 g/mol. The fraction of sp³-hybridized carbons (Fsp3) is 0.143. The molecule has 0 aliphatic rings. The van der Waals surface area contributed by atoms with Gasteiger partial charge in [0, 0.05) is 21.1 Å². The third-order valence-corrected chi connectivity index (χ3v) is 7.12. The van der Waals surface area contributed by atoms with Gasteiger partial charge < -0.3 is 15.2 Å². The third kappa shape index (κ3) is 7.07. The molecule has 7 nitrogen and oxygen atoms in total. The van der Waals surface area contributed by atoms with Crippen LogP contribution in [0.1, 0.15) is 16.2 Å². The highest BCUT2D eigenvalue weighted by Gasteiger charge is 2.16. The molecule has 0 aliphatic heterocycles. The molecule has 3 aromatic rings. The Morgan fingerprint density at radius 3 is 2.64 bits per heavy atom. The first-order valence-corrected chi connectivity index (χ1v) is 12.7. The van der Waals surface area contributed by atoms with Gasteiger partial charge in [-0.15, -0.1) is 16.8 Å². The molecule has 2 aromatic carbocycles. The quantitative estimate of drug-likeness (QED) is 0.224. The number of carbonyl (C=O) groups is 2. The lowest BCUT2D eigenvalue weighted by molar-refractivity contribution is -0.113. The van der Waals surface area contributed by atoms with E-state index in [-0.39, 0.29) is 24.1 Å². The molecule has 3 rings (SSSR count). The number of halogens is 4. The number of nitrogens with one attached hydrogen (secondary N) is 2. The highest BCUT2D eigenvalue weighted by molar-refractivity contribution is 9.11. The minimum Gasteiger partial charge on any atom is -0.345 e. The molecule has 0 aliphatic carbocycles. The number of aromatic nitrogens is 3. The maximum absolute atomic E-state index is 12.4. The Balaban J connectivity index is 1.63. The van der Waals surface area contributed by atoms with Crippen LogP contribution in [0, 0.1) is 0 Å². The molecule has 1 heterocycles. The topological polar surface area (TPSA) is 88.9 Å². The number of thioether (sulfide) groups is 1. The molecule has 0 saturated heterocycles. The largest absolute Gasteiger partial charge is 0.345 e. The highest BCUT2D eigenvalue weighted by Crippen LogP contribution is 2.27. The summed E-state index contributed by atoms with van der Waals surface area (Å²) < 4.78 is 3.42. The van der Waals surface area contributed by atoms with Gasteiger partial charge in [-0.25, -0.2) is 0 Å². The van der Waals surface area contributed by atoms with Crippen molar-refractivity contribution in [1.82, 2.24) is 20.1 Å². The number of nitrogens with zero attached hydrogens (tertiary/aromatic N) is 3. The normalized spacial score (nSPS) is 10.7. The average Bonchev–Trinajstić information content (AvgIpc) is 3.17. The SMILES string of the molecule is C=CCn1c(CNC(=O)c2ccc(Cl)c(Cl)c2)nnc1SCC(=O)Nc1cc(Br)ccc1Br. The van der Waals surface area contributed by atoms with Crippen LogP contribution in [0.25, 0.3) is 0 Å². The zero-order valence-electron chi connectivity index (χ0n) is 16.9. The van der Waals surface area contributed by atoms with Crippen molar-refractivity contribution in [3.63, 3.8) is 0 Å². The maximum Gasteiger partial charge on any atom is 0.251 e. The summed E-state index contributed by atoms with van der Waals surface area (Å²) in [6.07, 6.45) is 1.69. The summed E-state index contributed by atoms with van der Waals surface area (Å²) in [5, 5.41) is 15.2. The fourth-order valence-electron chi connectivity index (χ4n) is 2.68. The summed E-state index contributed by atoms with van der Waals surface area (Å²) in [4.78, 5) is 24.9. The number of hydrogen-bond donors (Lipinski definition) is 2. The van der Waals surface area contributed by atoms with Crippen molar-refractivity contribution in [3.05, 3.63) is 79.4 Å². The summed E-state index contributed by atoms with van der Waals surface area (Å²) in [6, 6.07) is 10.2. The standard InChI is InChI=1S/C21H17Br2Cl2N5O2S/c1-2-7-30-18(10-26-20(32)12-3-6-15(24)16(25)8-12)28-29-21(30)33-11-19(31)27-17-9-13(22)4-5-14(17)23/h2-6,8-9H,1,7,10-11H2,(H,26,32)(H,27,31). The van der Waals surface area contributed by atoms with Crippen molar-refractivity contribution in [2.75, 3.05) is 11.1 Å². The van der Waals surface area contributed by atoms with Gasteiger partial charge in [0.25, 0.3) is 5.91 Å². The highest BCUT2D eigenvalue weighted by atomic mass is 79.9. The molecule has 0 unspecified atom stereocenters. The Labute approximate surface area is 221 Å². The van der Waals surface area contributed by atoms with Crippen LogP contribution in [0.4, 0.5) is 5.69 Å². The lowest BCUT2D eigenvalue weighted by Crippen LogP contribution is -2.25. The molecule has 0 saturated carbocycles. The minimum absolute atomic E-state index is 0.129. The van der Waals surface area contributed by atoms with E-state index in [0.717, 1.165) is 8.95 Å². The molecule has 2 N–H and O–H groups in total. The molecular weight excluding hydrogens is 617 g/mol. The first-order valence-electron chi connectivity index (χ1n) is 9.42. The molecular formula is C21H17Br2Cl2N5O2S. The van der Waals surface area contributed by atoms with E-state index in [1.807, 2.05) is 18.2 Å². The lowest BCUT2D eigenvalue weighted by Gasteiger charge is -2.10. The summed E-state index contributed by atoms with van der Waals surface area (Å²) in [6.45, 7) is 4.32. The van der Waals surface area contributed by atoms with Crippen LogP contribution in [0.3, 0.4) is 0 Å². The van der Waals surface area contributed by atoms with Gasteiger partial charge in [0.15, 0.2) is 11.0 Å².